The Morgan fingerprint density at radius 3 is 2.38 bits per heavy atom. The highest BCUT2D eigenvalue weighted by molar-refractivity contribution is 8.03. The van der Waals surface area contributed by atoms with Gasteiger partial charge in [0.1, 0.15) is 11.7 Å². The van der Waals surface area contributed by atoms with Crippen molar-refractivity contribution in [2.75, 3.05) is 6.26 Å². The number of allylic oxidation sites excluding steroid dienone is 2. The van der Waals surface area contributed by atoms with Gasteiger partial charge in [-0.25, -0.2) is 0 Å². The van der Waals surface area contributed by atoms with Crippen LogP contribution in [0.15, 0.2) is 21.8 Å². The van der Waals surface area contributed by atoms with Crippen LogP contribution in [-0.4, -0.2) is 69.6 Å². The standard InChI is InChI=1S/C31H46O8S/c1-10-15(2)25(37-17(4)32)16(3)20-22(33)26-21(23(34)27(20)40-9)24(35)28-30(7)13-11-18(29(5,6)36)38-19(30)12-14-31(28,8)39-26/h15-16,18-19,24-25,28,35-36H,10-14H2,1-9H3/t15-,16-,18+,19-,24+,25-,28+,30+,31-/m0/s1. The number of hydrogen-bond donors (Lipinski definition) is 2. The molecule has 0 aromatic carbocycles. The zero-order valence-corrected chi connectivity index (χ0v) is 26.1. The molecule has 0 radical (unpaired) electrons. The number of aliphatic hydroxyl groups excluding tert-OH is 1. The van der Waals surface area contributed by atoms with E-state index in [9.17, 15) is 24.6 Å². The van der Waals surface area contributed by atoms with Gasteiger partial charge in [0, 0.05) is 29.7 Å². The minimum Gasteiger partial charge on any atom is -0.482 e. The van der Waals surface area contributed by atoms with Crippen LogP contribution in [0.25, 0.3) is 0 Å². The molecule has 2 aliphatic carbocycles. The van der Waals surface area contributed by atoms with Crippen molar-refractivity contribution in [1.82, 2.24) is 0 Å². The molecule has 4 aliphatic rings. The van der Waals surface area contributed by atoms with Crippen LogP contribution in [0.4, 0.5) is 0 Å². The molecule has 2 fully saturated rings. The number of ether oxygens (including phenoxy) is 3. The molecule has 8 nitrogen and oxygen atoms in total. The van der Waals surface area contributed by atoms with Gasteiger partial charge in [-0.3, -0.25) is 14.4 Å². The van der Waals surface area contributed by atoms with E-state index in [1.165, 1.54) is 18.7 Å². The third-order valence-corrected chi connectivity index (χ3v) is 10.9. The molecule has 0 amide bonds. The molecule has 0 aromatic heterocycles. The number of fused-ring (bicyclic) bond motifs is 3. The van der Waals surface area contributed by atoms with Gasteiger partial charge in [-0.05, 0) is 58.6 Å². The van der Waals surface area contributed by atoms with Crippen molar-refractivity contribution in [3.05, 3.63) is 21.8 Å². The number of Topliss-reactive ketones (excluding diaryl/α,β-unsaturated/α-hetero) is 2. The monoisotopic (exact) mass is 578 g/mol. The van der Waals surface area contributed by atoms with Crippen LogP contribution in [0, 0.1) is 23.2 Å². The van der Waals surface area contributed by atoms with E-state index in [2.05, 4.69) is 6.92 Å². The van der Waals surface area contributed by atoms with Gasteiger partial charge >= 0.3 is 5.97 Å². The first kappa shape index (κ1) is 31.3. The van der Waals surface area contributed by atoms with Gasteiger partial charge < -0.3 is 24.4 Å². The van der Waals surface area contributed by atoms with Gasteiger partial charge in [0.25, 0.3) is 0 Å². The fraction of sp³-hybridized carbons (Fsp3) is 0.774. The summed E-state index contributed by atoms with van der Waals surface area (Å²) >= 11 is 1.18. The van der Waals surface area contributed by atoms with Crippen LogP contribution in [-0.2, 0) is 28.6 Å². The second-order valence-corrected chi connectivity index (χ2v) is 14.1. The molecule has 2 heterocycles. The average Bonchev–Trinajstić information content (AvgIpc) is 2.86. The number of ketones is 2. The summed E-state index contributed by atoms with van der Waals surface area (Å²) in [6.45, 7) is 14.6. The maximum absolute atomic E-state index is 14.2. The van der Waals surface area contributed by atoms with Crippen LogP contribution >= 0.6 is 11.8 Å². The summed E-state index contributed by atoms with van der Waals surface area (Å²) in [5.41, 5.74) is -2.10. The first-order valence-electron chi connectivity index (χ1n) is 14.6. The Bertz CT molecular complexity index is 1130. The molecule has 0 bridgehead atoms. The van der Waals surface area contributed by atoms with E-state index in [1.54, 1.807) is 20.1 Å². The predicted molar refractivity (Wildman–Crippen MR) is 152 cm³/mol. The molecule has 2 N–H and O–H groups in total. The first-order valence-corrected chi connectivity index (χ1v) is 15.8. The van der Waals surface area contributed by atoms with E-state index in [0.29, 0.717) is 25.7 Å². The lowest BCUT2D eigenvalue weighted by molar-refractivity contribution is -0.260. The lowest BCUT2D eigenvalue weighted by Crippen LogP contribution is -2.66. The number of hydrogen-bond acceptors (Lipinski definition) is 9. The average molecular weight is 579 g/mol. The van der Waals surface area contributed by atoms with Gasteiger partial charge in [0.2, 0.25) is 11.6 Å². The topological polar surface area (TPSA) is 119 Å². The van der Waals surface area contributed by atoms with Crippen LogP contribution in [0.3, 0.4) is 0 Å². The number of thioether (sulfide) groups is 1. The number of rotatable bonds is 7. The highest BCUT2D eigenvalue weighted by Crippen LogP contribution is 2.60. The Morgan fingerprint density at radius 2 is 1.82 bits per heavy atom. The van der Waals surface area contributed by atoms with Crippen LogP contribution < -0.4 is 0 Å². The molecule has 0 unspecified atom stereocenters. The van der Waals surface area contributed by atoms with Gasteiger partial charge in [-0.2, -0.15) is 0 Å². The summed E-state index contributed by atoms with van der Waals surface area (Å²) in [4.78, 5) is 40.5. The minimum absolute atomic E-state index is 0.0202. The molecule has 40 heavy (non-hydrogen) atoms. The van der Waals surface area contributed by atoms with Crippen molar-refractivity contribution in [3.8, 4) is 0 Å². The van der Waals surface area contributed by atoms with E-state index in [0.717, 1.165) is 6.42 Å². The van der Waals surface area contributed by atoms with Crippen molar-refractivity contribution in [1.29, 1.82) is 0 Å². The van der Waals surface area contributed by atoms with Crippen LogP contribution in [0.5, 0.6) is 0 Å². The second-order valence-electron chi connectivity index (χ2n) is 13.3. The Morgan fingerprint density at radius 1 is 1.18 bits per heavy atom. The molecule has 224 valence electrons. The molecule has 4 rings (SSSR count). The SMILES string of the molecule is CC[C@H](C)[C@H](OC(C)=O)[C@@H](C)C1=C(SC)C(=O)C2=C(O[C@@]3(C)CC[C@@H]4O[C@@H](C(C)(C)O)CC[C@@]4(C)[C@H]3[C@@H]2O)C1=O. The van der Waals surface area contributed by atoms with E-state index >= 15 is 0 Å². The highest BCUT2D eigenvalue weighted by Gasteiger charge is 2.65. The smallest absolute Gasteiger partial charge is 0.302 e. The lowest BCUT2D eigenvalue weighted by Gasteiger charge is -2.61. The zero-order valence-electron chi connectivity index (χ0n) is 25.3. The summed E-state index contributed by atoms with van der Waals surface area (Å²) in [5.74, 6) is -2.40. The molecular weight excluding hydrogens is 532 g/mol. The van der Waals surface area contributed by atoms with Gasteiger partial charge in [0.05, 0.1) is 34.4 Å². The molecular formula is C31H46O8S. The molecule has 1 saturated carbocycles. The molecule has 0 spiro atoms. The summed E-state index contributed by atoms with van der Waals surface area (Å²) in [6.07, 6.45) is 2.59. The second kappa shape index (κ2) is 10.9. The summed E-state index contributed by atoms with van der Waals surface area (Å²) in [5, 5.41) is 22.6. The molecule has 0 aromatic rings. The van der Waals surface area contributed by atoms with Crippen molar-refractivity contribution in [3.63, 3.8) is 0 Å². The number of esters is 1. The molecule has 2 aliphatic heterocycles. The number of carbonyl (C=O) groups is 3. The predicted octanol–water partition coefficient (Wildman–Crippen LogP) is 4.51. The normalized spacial score (nSPS) is 36.7. The van der Waals surface area contributed by atoms with E-state index in [4.69, 9.17) is 14.2 Å². The maximum Gasteiger partial charge on any atom is 0.302 e. The Labute approximate surface area is 242 Å². The van der Waals surface area contributed by atoms with Crippen LogP contribution in [0.1, 0.15) is 87.5 Å². The van der Waals surface area contributed by atoms with E-state index in [1.807, 2.05) is 27.7 Å². The molecule has 9 atom stereocenters. The lowest BCUT2D eigenvalue weighted by atomic mass is 9.52. The fourth-order valence-electron chi connectivity index (χ4n) is 7.76. The third-order valence-electron chi connectivity index (χ3n) is 10.1. The van der Waals surface area contributed by atoms with E-state index in [-0.39, 0.29) is 39.9 Å². The molecule has 9 heteroatoms. The summed E-state index contributed by atoms with van der Waals surface area (Å²) in [6, 6.07) is 0. The number of aliphatic hydroxyl groups is 2. The van der Waals surface area contributed by atoms with Gasteiger partial charge in [0.15, 0.2) is 5.76 Å². The summed E-state index contributed by atoms with van der Waals surface area (Å²) in [7, 11) is 0. The fourth-order valence-corrected chi connectivity index (χ4v) is 8.55. The summed E-state index contributed by atoms with van der Waals surface area (Å²) < 4.78 is 18.7. The van der Waals surface area contributed by atoms with Crippen molar-refractivity contribution in [2.45, 2.75) is 123 Å². The maximum atomic E-state index is 14.2. The minimum atomic E-state index is -1.21. The van der Waals surface area contributed by atoms with Gasteiger partial charge in [-0.1, -0.05) is 34.1 Å². The third kappa shape index (κ3) is 4.99. The zero-order chi connectivity index (χ0) is 29.9. The quantitative estimate of drug-likeness (QED) is 0.332. The largest absolute Gasteiger partial charge is 0.482 e. The van der Waals surface area contributed by atoms with Crippen molar-refractivity contribution in [2.24, 2.45) is 23.2 Å². The number of carbonyl (C=O) groups excluding carboxylic acids is 3. The van der Waals surface area contributed by atoms with Crippen molar-refractivity contribution >= 4 is 29.3 Å². The molecule has 1 saturated heterocycles. The Kier molecular flexibility index (Phi) is 8.49. The van der Waals surface area contributed by atoms with Gasteiger partial charge in [-0.15, -0.1) is 11.8 Å². The van der Waals surface area contributed by atoms with Crippen LogP contribution in [0.2, 0.25) is 0 Å². The highest BCUT2D eigenvalue weighted by atomic mass is 32.2. The first-order chi connectivity index (χ1) is 18.5. The van der Waals surface area contributed by atoms with Crippen molar-refractivity contribution < 1.29 is 38.8 Å². The van der Waals surface area contributed by atoms with E-state index < -0.39 is 58.2 Å². The Balaban J connectivity index is 1.74. The Hall–Kier alpha value is -1.68.